The average molecular weight is 383 g/mol. The molecular weight excluding hydrogens is 368 g/mol. The van der Waals surface area contributed by atoms with Crippen molar-refractivity contribution in [3.63, 3.8) is 0 Å². The van der Waals surface area contributed by atoms with Crippen LogP contribution >= 0.6 is 0 Å². The van der Waals surface area contributed by atoms with Gasteiger partial charge in [0.15, 0.2) is 0 Å². The van der Waals surface area contributed by atoms with E-state index in [1.54, 1.807) is 24.5 Å². The second-order valence-electron chi connectivity index (χ2n) is 6.03. The largest absolute Gasteiger partial charge is 0.480 e. The molecule has 1 aromatic carbocycles. The average Bonchev–Trinajstić information content (AvgIpc) is 3.34. The molecule has 0 aliphatic rings. The van der Waals surface area contributed by atoms with E-state index >= 15 is 0 Å². The summed E-state index contributed by atoms with van der Waals surface area (Å²) in [5.74, 6) is -0.681. The third-order valence-electron chi connectivity index (χ3n) is 4.30. The van der Waals surface area contributed by atoms with Crippen LogP contribution in [0.25, 0.3) is 16.9 Å². The number of imidazole rings is 1. The van der Waals surface area contributed by atoms with E-state index in [0.29, 0.717) is 11.7 Å². The lowest BCUT2D eigenvalue weighted by Crippen LogP contribution is -2.24. The second-order valence-corrected chi connectivity index (χ2v) is 6.03. The zero-order chi connectivity index (χ0) is 19.7. The highest BCUT2D eigenvalue weighted by Gasteiger charge is 2.14. The third-order valence-corrected chi connectivity index (χ3v) is 4.30. The molecule has 0 aliphatic heterocycles. The Hall–Kier alpha value is -3.75. The summed E-state index contributed by atoms with van der Waals surface area (Å²) in [6.07, 6.45) is 6.39. The quantitative estimate of drug-likeness (QED) is 0.575. The van der Waals surface area contributed by atoms with Crippen LogP contribution in [0.2, 0.25) is 0 Å². The predicted octanol–water partition coefficient (Wildman–Crippen LogP) is 2.76. The van der Waals surface area contributed by atoms with Crippen LogP contribution in [-0.2, 0) is 6.54 Å². The Kier molecular flexibility index (Phi) is 4.48. The molecule has 3 aromatic heterocycles. The van der Waals surface area contributed by atoms with Crippen LogP contribution in [0.4, 0.5) is 8.78 Å². The molecule has 3 heterocycles. The van der Waals surface area contributed by atoms with Crippen LogP contribution in [-0.4, -0.2) is 31.4 Å². The van der Waals surface area contributed by atoms with E-state index in [1.807, 2.05) is 0 Å². The van der Waals surface area contributed by atoms with Crippen LogP contribution in [0, 0.1) is 11.6 Å². The summed E-state index contributed by atoms with van der Waals surface area (Å²) < 4.78 is 34.9. The number of hydrogen-bond donors (Lipinski definition) is 1. The number of halogens is 2. The highest BCUT2D eigenvalue weighted by Crippen LogP contribution is 2.28. The first-order valence-corrected chi connectivity index (χ1v) is 8.33. The van der Waals surface area contributed by atoms with E-state index in [4.69, 9.17) is 4.74 Å². The lowest BCUT2D eigenvalue weighted by Gasteiger charge is -2.08. The van der Waals surface area contributed by atoms with E-state index in [1.165, 1.54) is 34.7 Å². The number of hydrogen-bond acceptors (Lipinski definition) is 4. The van der Waals surface area contributed by atoms with Gasteiger partial charge in [0.1, 0.15) is 17.5 Å². The van der Waals surface area contributed by atoms with Gasteiger partial charge in [0.2, 0.25) is 5.88 Å². The van der Waals surface area contributed by atoms with Gasteiger partial charge in [-0.1, -0.05) is 6.07 Å². The number of aromatic amines is 1. The van der Waals surface area contributed by atoms with Gasteiger partial charge in [-0.25, -0.2) is 13.6 Å². The fraction of sp³-hybridized carbons (Fsp3) is 0.105. The normalized spacial score (nSPS) is 11.0. The monoisotopic (exact) mass is 383 g/mol. The standard InChI is InChI=1S/C19H15F2N5O2/c1-28-18-15(13-9-22-23-10-13)4-5-17(24-18)26-7-6-25(19(26)27)11-12-2-3-14(20)8-16(12)21/h2-10H,11H2,1H3,(H,22,23). The van der Waals surface area contributed by atoms with Crippen molar-refractivity contribution in [3.8, 4) is 22.8 Å². The Morgan fingerprint density at radius 3 is 2.75 bits per heavy atom. The molecule has 0 saturated heterocycles. The van der Waals surface area contributed by atoms with Crippen LogP contribution in [0.15, 0.2) is 59.9 Å². The van der Waals surface area contributed by atoms with Gasteiger partial charge in [0, 0.05) is 41.3 Å². The molecule has 4 rings (SSSR count). The molecule has 0 atom stereocenters. The molecule has 1 N–H and O–H groups in total. The molecule has 4 aromatic rings. The Morgan fingerprint density at radius 2 is 2.04 bits per heavy atom. The highest BCUT2D eigenvalue weighted by molar-refractivity contribution is 5.67. The molecule has 0 bridgehead atoms. The van der Waals surface area contributed by atoms with Gasteiger partial charge in [-0.3, -0.25) is 14.2 Å². The van der Waals surface area contributed by atoms with Crippen molar-refractivity contribution in [2.45, 2.75) is 6.54 Å². The van der Waals surface area contributed by atoms with E-state index < -0.39 is 17.3 Å². The van der Waals surface area contributed by atoms with Gasteiger partial charge in [-0.15, -0.1) is 0 Å². The van der Waals surface area contributed by atoms with Crippen LogP contribution < -0.4 is 10.4 Å². The predicted molar refractivity (Wildman–Crippen MR) is 97.4 cm³/mol. The van der Waals surface area contributed by atoms with Crippen molar-refractivity contribution in [1.29, 1.82) is 0 Å². The summed E-state index contributed by atoms with van der Waals surface area (Å²) in [7, 11) is 1.49. The zero-order valence-electron chi connectivity index (χ0n) is 14.8. The maximum atomic E-state index is 13.9. The molecule has 0 unspecified atom stereocenters. The van der Waals surface area contributed by atoms with Gasteiger partial charge in [-0.05, 0) is 18.2 Å². The van der Waals surface area contributed by atoms with Crippen molar-refractivity contribution in [2.75, 3.05) is 7.11 Å². The zero-order valence-corrected chi connectivity index (χ0v) is 14.8. The Bertz CT molecular complexity index is 1180. The minimum absolute atomic E-state index is 0.0256. The number of aromatic nitrogens is 5. The van der Waals surface area contributed by atoms with E-state index in [-0.39, 0.29) is 12.1 Å². The summed E-state index contributed by atoms with van der Waals surface area (Å²) in [5.41, 5.74) is 1.32. The van der Waals surface area contributed by atoms with E-state index in [2.05, 4.69) is 15.2 Å². The van der Waals surface area contributed by atoms with Gasteiger partial charge in [-0.2, -0.15) is 10.1 Å². The summed E-state index contributed by atoms with van der Waals surface area (Å²) in [5, 5.41) is 6.63. The number of rotatable bonds is 5. The Morgan fingerprint density at radius 1 is 1.18 bits per heavy atom. The van der Waals surface area contributed by atoms with Crippen LogP contribution in [0.5, 0.6) is 5.88 Å². The molecule has 0 fully saturated rings. The number of nitrogens with one attached hydrogen (secondary N) is 1. The first-order chi connectivity index (χ1) is 13.6. The first kappa shape index (κ1) is 17.7. The topological polar surface area (TPSA) is 77.7 Å². The minimum Gasteiger partial charge on any atom is -0.480 e. The molecular formula is C19H15F2N5O2. The molecule has 0 amide bonds. The van der Waals surface area contributed by atoms with Crippen molar-refractivity contribution in [1.82, 2.24) is 24.3 Å². The summed E-state index contributed by atoms with van der Waals surface area (Å²) in [6, 6.07) is 6.71. The van der Waals surface area contributed by atoms with Crippen molar-refractivity contribution >= 4 is 0 Å². The van der Waals surface area contributed by atoms with E-state index in [0.717, 1.165) is 23.3 Å². The van der Waals surface area contributed by atoms with Gasteiger partial charge in [0.25, 0.3) is 0 Å². The molecule has 0 saturated carbocycles. The molecule has 0 spiro atoms. The molecule has 142 valence electrons. The highest BCUT2D eigenvalue weighted by atomic mass is 19.1. The smallest absolute Gasteiger partial charge is 0.334 e. The maximum absolute atomic E-state index is 13.9. The van der Waals surface area contributed by atoms with Gasteiger partial charge in [0.05, 0.1) is 19.9 Å². The van der Waals surface area contributed by atoms with Crippen LogP contribution in [0.3, 0.4) is 0 Å². The summed E-state index contributed by atoms with van der Waals surface area (Å²) in [6.45, 7) is -0.0256. The maximum Gasteiger partial charge on any atom is 0.334 e. The molecule has 9 heteroatoms. The Labute approximate surface area is 157 Å². The third kappa shape index (κ3) is 3.18. The SMILES string of the molecule is COc1nc(-n2ccn(Cc3ccc(F)cc3F)c2=O)ccc1-c1cn[nH]c1. The number of nitrogens with zero attached hydrogens (tertiary/aromatic N) is 4. The number of methoxy groups -OCH3 is 1. The van der Waals surface area contributed by atoms with Gasteiger partial charge >= 0.3 is 5.69 Å². The minimum atomic E-state index is -0.705. The lowest BCUT2D eigenvalue weighted by molar-refractivity contribution is 0.399. The van der Waals surface area contributed by atoms with Crippen molar-refractivity contribution in [3.05, 3.63) is 82.8 Å². The summed E-state index contributed by atoms with van der Waals surface area (Å²) in [4.78, 5) is 17.1. The fourth-order valence-corrected chi connectivity index (χ4v) is 2.88. The number of ether oxygens (including phenoxy) is 1. The molecule has 28 heavy (non-hydrogen) atoms. The summed E-state index contributed by atoms with van der Waals surface area (Å²) >= 11 is 0. The lowest BCUT2D eigenvalue weighted by atomic mass is 10.1. The van der Waals surface area contributed by atoms with Crippen molar-refractivity contribution < 1.29 is 13.5 Å². The fourth-order valence-electron chi connectivity index (χ4n) is 2.88. The van der Waals surface area contributed by atoms with E-state index in [9.17, 15) is 13.6 Å². The second kappa shape index (κ2) is 7.10. The number of pyridine rings is 1. The molecule has 0 radical (unpaired) electrons. The first-order valence-electron chi connectivity index (χ1n) is 8.33. The molecule has 0 aliphatic carbocycles. The number of benzene rings is 1. The van der Waals surface area contributed by atoms with Crippen LogP contribution in [0.1, 0.15) is 5.56 Å². The van der Waals surface area contributed by atoms with Gasteiger partial charge < -0.3 is 4.74 Å². The molecule has 7 nitrogen and oxygen atoms in total. The number of H-pyrrole nitrogens is 1. The van der Waals surface area contributed by atoms with Crippen molar-refractivity contribution in [2.24, 2.45) is 0 Å². The Balaban J connectivity index is 1.68.